The average molecular weight is 239 g/mol. The molecule has 3 heteroatoms. The molecule has 0 spiro atoms. The van der Waals surface area contributed by atoms with Gasteiger partial charge in [0, 0.05) is 6.42 Å². The zero-order chi connectivity index (χ0) is 13.3. The molecule has 0 rings (SSSR count). The van der Waals surface area contributed by atoms with E-state index in [0.29, 0.717) is 19.3 Å². The Hall–Kier alpha value is -0.900. The van der Waals surface area contributed by atoms with Gasteiger partial charge >= 0.3 is 0 Å². The summed E-state index contributed by atoms with van der Waals surface area (Å²) in [6.45, 7) is 10.0. The molecule has 0 saturated carbocycles. The molecule has 0 aromatic heterocycles. The number of aliphatic hydroxyl groups excluding tert-OH is 1. The van der Waals surface area contributed by atoms with Gasteiger partial charge in [0.25, 0.3) is 0 Å². The van der Waals surface area contributed by atoms with Crippen molar-refractivity contribution in [3.8, 4) is 0 Å². The van der Waals surface area contributed by atoms with E-state index in [1.165, 1.54) is 0 Å². The third-order valence-corrected chi connectivity index (χ3v) is 3.09. The highest BCUT2D eigenvalue weighted by atomic mass is 16.3. The highest BCUT2D eigenvalue weighted by molar-refractivity contribution is 5.32. The third kappa shape index (κ3) is 5.31. The average Bonchev–Trinajstić information content (AvgIpc) is 2.36. The summed E-state index contributed by atoms with van der Waals surface area (Å²) in [5.41, 5.74) is 0.843. The van der Waals surface area contributed by atoms with Crippen molar-refractivity contribution < 1.29 is 10.2 Å². The molecule has 0 heterocycles. The van der Waals surface area contributed by atoms with Crippen molar-refractivity contribution in [3.05, 3.63) is 36.5 Å². The Labute approximate surface area is 105 Å². The minimum atomic E-state index is -0.754. The summed E-state index contributed by atoms with van der Waals surface area (Å²) < 4.78 is 0. The lowest BCUT2D eigenvalue weighted by Gasteiger charge is -2.28. The first-order valence-corrected chi connectivity index (χ1v) is 6.01. The van der Waals surface area contributed by atoms with Gasteiger partial charge in [-0.1, -0.05) is 32.2 Å². The Bertz CT molecular complexity index is 284. The van der Waals surface area contributed by atoms with Crippen molar-refractivity contribution in [1.82, 2.24) is 5.32 Å². The fraction of sp³-hybridized carbons (Fsp3) is 0.571. The molecule has 1 atom stereocenters. The maximum absolute atomic E-state index is 10.5. The SMILES string of the molecule is C=C/C(CO)=C(\C=C)CC(O)(CC)CCNC. The van der Waals surface area contributed by atoms with Gasteiger partial charge in [0.2, 0.25) is 0 Å². The first-order valence-electron chi connectivity index (χ1n) is 6.01. The predicted molar refractivity (Wildman–Crippen MR) is 72.9 cm³/mol. The van der Waals surface area contributed by atoms with E-state index < -0.39 is 5.60 Å². The summed E-state index contributed by atoms with van der Waals surface area (Å²) in [4.78, 5) is 0. The minimum absolute atomic E-state index is 0.0727. The Kier molecular flexibility index (Phi) is 7.79. The molecular formula is C14H25NO2. The number of hydrogen-bond acceptors (Lipinski definition) is 3. The zero-order valence-electron chi connectivity index (χ0n) is 11.0. The van der Waals surface area contributed by atoms with E-state index in [4.69, 9.17) is 0 Å². The van der Waals surface area contributed by atoms with Crippen molar-refractivity contribution in [3.63, 3.8) is 0 Å². The van der Waals surface area contributed by atoms with Crippen LogP contribution in [-0.4, -0.2) is 36.0 Å². The molecule has 0 aliphatic carbocycles. The van der Waals surface area contributed by atoms with Gasteiger partial charge in [-0.05, 0) is 37.6 Å². The van der Waals surface area contributed by atoms with Crippen LogP contribution in [0.4, 0.5) is 0 Å². The van der Waals surface area contributed by atoms with Crippen molar-refractivity contribution in [2.75, 3.05) is 20.2 Å². The highest BCUT2D eigenvalue weighted by Crippen LogP contribution is 2.26. The first kappa shape index (κ1) is 16.1. The fourth-order valence-electron chi connectivity index (χ4n) is 1.72. The molecule has 0 fully saturated rings. The molecule has 0 aliphatic heterocycles. The third-order valence-electron chi connectivity index (χ3n) is 3.09. The lowest BCUT2D eigenvalue weighted by atomic mass is 9.87. The molecule has 17 heavy (non-hydrogen) atoms. The Morgan fingerprint density at radius 3 is 2.24 bits per heavy atom. The molecule has 0 bridgehead atoms. The molecule has 1 unspecified atom stereocenters. The second kappa shape index (κ2) is 8.23. The van der Waals surface area contributed by atoms with Gasteiger partial charge < -0.3 is 15.5 Å². The van der Waals surface area contributed by atoms with Crippen molar-refractivity contribution in [2.24, 2.45) is 0 Å². The Morgan fingerprint density at radius 2 is 1.88 bits per heavy atom. The molecule has 0 aromatic carbocycles. The van der Waals surface area contributed by atoms with E-state index in [1.807, 2.05) is 14.0 Å². The van der Waals surface area contributed by atoms with E-state index in [0.717, 1.165) is 17.7 Å². The van der Waals surface area contributed by atoms with E-state index in [-0.39, 0.29) is 6.61 Å². The number of rotatable bonds is 9. The van der Waals surface area contributed by atoms with Gasteiger partial charge in [-0.15, -0.1) is 0 Å². The summed E-state index contributed by atoms with van der Waals surface area (Å²) in [6.07, 6.45) is 5.14. The predicted octanol–water partition coefficient (Wildman–Crippen LogP) is 1.79. The van der Waals surface area contributed by atoms with Gasteiger partial charge in [-0.3, -0.25) is 0 Å². The molecule has 3 N–H and O–H groups in total. The van der Waals surface area contributed by atoms with Gasteiger partial charge in [0.1, 0.15) is 0 Å². The molecule has 0 radical (unpaired) electrons. The Balaban J connectivity index is 4.89. The molecular weight excluding hydrogens is 214 g/mol. The van der Waals surface area contributed by atoms with Crippen LogP contribution in [-0.2, 0) is 0 Å². The molecule has 0 saturated heterocycles. The van der Waals surface area contributed by atoms with Crippen LogP contribution >= 0.6 is 0 Å². The van der Waals surface area contributed by atoms with E-state index in [9.17, 15) is 10.2 Å². The quantitative estimate of drug-likeness (QED) is 0.538. The van der Waals surface area contributed by atoms with Crippen molar-refractivity contribution >= 4 is 0 Å². The summed E-state index contributed by atoms with van der Waals surface area (Å²) in [5, 5.41) is 22.7. The summed E-state index contributed by atoms with van der Waals surface area (Å²) >= 11 is 0. The normalized spacial score (nSPS) is 16.0. The van der Waals surface area contributed by atoms with Crippen LogP contribution in [0.5, 0.6) is 0 Å². The monoisotopic (exact) mass is 239 g/mol. The van der Waals surface area contributed by atoms with E-state index in [1.54, 1.807) is 12.2 Å². The van der Waals surface area contributed by atoms with Crippen molar-refractivity contribution in [1.29, 1.82) is 0 Å². The molecule has 0 aliphatic rings. The van der Waals surface area contributed by atoms with Crippen LogP contribution in [0.2, 0.25) is 0 Å². The van der Waals surface area contributed by atoms with E-state index >= 15 is 0 Å². The van der Waals surface area contributed by atoms with Gasteiger partial charge in [0.05, 0.1) is 12.2 Å². The van der Waals surface area contributed by atoms with Crippen molar-refractivity contribution in [2.45, 2.75) is 31.8 Å². The lowest BCUT2D eigenvalue weighted by molar-refractivity contribution is 0.0291. The zero-order valence-corrected chi connectivity index (χ0v) is 11.0. The van der Waals surface area contributed by atoms with Gasteiger partial charge in [0.15, 0.2) is 0 Å². The number of allylic oxidation sites excluding steroid dienone is 1. The highest BCUT2D eigenvalue weighted by Gasteiger charge is 2.25. The Morgan fingerprint density at radius 1 is 1.29 bits per heavy atom. The second-order valence-corrected chi connectivity index (χ2v) is 4.23. The smallest absolute Gasteiger partial charge is 0.0697 e. The summed E-state index contributed by atoms with van der Waals surface area (Å²) in [6, 6.07) is 0. The fourth-order valence-corrected chi connectivity index (χ4v) is 1.72. The van der Waals surface area contributed by atoms with Gasteiger partial charge in [-0.2, -0.15) is 0 Å². The van der Waals surface area contributed by atoms with Crippen LogP contribution in [0.1, 0.15) is 26.2 Å². The van der Waals surface area contributed by atoms with Crippen LogP contribution < -0.4 is 5.32 Å². The maximum Gasteiger partial charge on any atom is 0.0697 e. The van der Waals surface area contributed by atoms with E-state index in [2.05, 4.69) is 18.5 Å². The minimum Gasteiger partial charge on any atom is -0.392 e. The lowest BCUT2D eigenvalue weighted by Crippen LogP contribution is -2.32. The first-order chi connectivity index (χ1) is 8.06. The molecule has 0 amide bonds. The number of nitrogens with one attached hydrogen (secondary N) is 1. The summed E-state index contributed by atoms with van der Waals surface area (Å²) in [7, 11) is 1.86. The molecule has 3 nitrogen and oxygen atoms in total. The largest absolute Gasteiger partial charge is 0.392 e. The summed E-state index contributed by atoms with van der Waals surface area (Å²) in [5.74, 6) is 0. The standard InChI is InChI=1S/C14H25NO2/c1-5-12(13(6-2)11-16)10-14(17,7-3)8-9-15-4/h5-6,15-17H,1-2,7-11H2,3-4H3/b13-12-. The molecule has 0 aromatic rings. The van der Waals surface area contributed by atoms with Crippen LogP contribution in [0.15, 0.2) is 36.5 Å². The number of hydrogen-bond donors (Lipinski definition) is 3. The maximum atomic E-state index is 10.5. The topological polar surface area (TPSA) is 52.5 Å². The van der Waals surface area contributed by atoms with Crippen LogP contribution in [0, 0.1) is 0 Å². The van der Waals surface area contributed by atoms with Crippen LogP contribution in [0.3, 0.4) is 0 Å². The number of aliphatic hydroxyl groups is 2. The second-order valence-electron chi connectivity index (χ2n) is 4.23. The van der Waals surface area contributed by atoms with Gasteiger partial charge in [-0.25, -0.2) is 0 Å². The molecule has 98 valence electrons. The van der Waals surface area contributed by atoms with Crippen LogP contribution in [0.25, 0.3) is 0 Å².